The lowest BCUT2D eigenvalue weighted by molar-refractivity contribution is 0.150. The fourth-order valence-corrected chi connectivity index (χ4v) is 4.56. The lowest BCUT2D eigenvalue weighted by Gasteiger charge is -2.06. The maximum Gasteiger partial charge on any atom is 0.291 e. The number of fused-ring (bicyclic) bond motifs is 1. The molecular weight excluding hydrogens is 424 g/mol. The number of halogens is 3. The van der Waals surface area contributed by atoms with E-state index in [-0.39, 0.29) is 16.5 Å². The molecule has 4 aromatic rings. The molecule has 0 aliphatic heterocycles. The molecule has 28 heavy (non-hydrogen) atoms. The van der Waals surface area contributed by atoms with Crippen LogP contribution in [0.1, 0.15) is 22.7 Å². The van der Waals surface area contributed by atoms with Crippen LogP contribution in [-0.4, -0.2) is 19.6 Å². The first-order chi connectivity index (χ1) is 13.6. The molecule has 0 saturated carbocycles. The van der Waals surface area contributed by atoms with Crippen molar-refractivity contribution in [1.82, 2.24) is 19.6 Å². The van der Waals surface area contributed by atoms with Crippen LogP contribution in [0.25, 0.3) is 16.3 Å². The molecule has 1 aromatic carbocycles. The number of hydrogen-bond donors (Lipinski definition) is 0. The maximum absolute atomic E-state index is 12.9. The van der Waals surface area contributed by atoms with E-state index in [1.165, 1.54) is 0 Å². The lowest BCUT2D eigenvalue weighted by Crippen LogP contribution is -1.91. The number of aromatic nitrogens is 4. The molecule has 10 heteroatoms. The summed E-state index contributed by atoms with van der Waals surface area (Å²) in [6, 6.07) is 13.7. The first kappa shape index (κ1) is 18.8. The number of pyridine rings is 1. The van der Waals surface area contributed by atoms with E-state index >= 15 is 0 Å². The van der Waals surface area contributed by atoms with Gasteiger partial charge in [0, 0.05) is 16.8 Å². The van der Waals surface area contributed by atoms with Gasteiger partial charge in [0.2, 0.25) is 0 Å². The number of alkyl halides is 2. The summed E-state index contributed by atoms with van der Waals surface area (Å²) in [5.41, 5.74) is 1.67. The average Bonchev–Trinajstić information content (AvgIpc) is 3.32. The number of benzene rings is 1. The monoisotopic (exact) mass is 433 g/mol. The molecule has 3 heterocycles. The minimum atomic E-state index is -2.71. The summed E-state index contributed by atoms with van der Waals surface area (Å²) in [6.45, 7) is 0. The normalized spacial score (nSPS) is 11.2. The van der Waals surface area contributed by atoms with Gasteiger partial charge in [0.05, 0.1) is 5.02 Å². The third-order valence-corrected chi connectivity index (χ3v) is 6.08. The van der Waals surface area contributed by atoms with E-state index in [2.05, 4.69) is 15.2 Å². The van der Waals surface area contributed by atoms with Crippen LogP contribution in [0.5, 0.6) is 0 Å². The quantitative estimate of drug-likeness (QED) is 0.383. The first-order valence-corrected chi connectivity index (χ1v) is 10.1. The van der Waals surface area contributed by atoms with E-state index in [1.54, 1.807) is 28.4 Å². The molecule has 0 radical (unpaired) electrons. The highest BCUT2D eigenvalue weighted by Gasteiger charge is 2.21. The predicted molar refractivity (Wildman–Crippen MR) is 105 cm³/mol. The van der Waals surface area contributed by atoms with Crippen LogP contribution in [0, 0.1) is 11.3 Å². The highest BCUT2D eigenvalue weighted by Crippen LogP contribution is 2.34. The highest BCUT2D eigenvalue weighted by molar-refractivity contribution is 7.98. The number of nitriles is 1. The molecule has 3 aromatic heterocycles. The fourth-order valence-electron chi connectivity index (χ4n) is 2.61. The standard InChI is InChI=1S/C18H10ClF2N5S2/c19-12-6-11(27-9-10-4-2-1-3-5-10)8-26-14(12)13(7-22)23-16(26)18-25-24-17(28-18)15(20)21/h1-6,8,15H,9H2. The molecule has 0 saturated heterocycles. The zero-order chi connectivity index (χ0) is 19.7. The predicted octanol–water partition coefficient (Wildman–Crippen LogP) is 5.61. The Bertz CT molecular complexity index is 1180. The SMILES string of the molecule is N#Cc1nc(-c2nnc(C(F)F)s2)n2cc(SCc3ccccc3)cc(Cl)c12. The van der Waals surface area contributed by atoms with Crippen molar-refractivity contribution < 1.29 is 8.78 Å². The Balaban J connectivity index is 1.77. The van der Waals surface area contributed by atoms with Crippen LogP contribution in [0.4, 0.5) is 8.78 Å². The molecule has 0 bridgehead atoms. The Morgan fingerprint density at radius 2 is 2.04 bits per heavy atom. The maximum atomic E-state index is 12.9. The molecule has 0 fully saturated rings. The van der Waals surface area contributed by atoms with E-state index in [1.807, 2.05) is 36.4 Å². The summed E-state index contributed by atoms with van der Waals surface area (Å²) in [7, 11) is 0. The van der Waals surface area contributed by atoms with Crippen LogP contribution in [0.2, 0.25) is 5.02 Å². The van der Waals surface area contributed by atoms with Crippen LogP contribution < -0.4 is 0 Å². The van der Waals surface area contributed by atoms with Crippen molar-refractivity contribution in [2.24, 2.45) is 0 Å². The summed E-state index contributed by atoms with van der Waals surface area (Å²) in [5, 5.41) is 16.9. The number of rotatable bonds is 5. The summed E-state index contributed by atoms with van der Waals surface area (Å²) >= 11 is 8.71. The van der Waals surface area contributed by atoms with Crippen molar-refractivity contribution in [3.63, 3.8) is 0 Å². The number of imidazole rings is 1. The van der Waals surface area contributed by atoms with E-state index in [9.17, 15) is 14.0 Å². The molecule has 0 spiro atoms. The summed E-state index contributed by atoms with van der Waals surface area (Å²) in [5.74, 6) is 0.992. The Hall–Kier alpha value is -2.54. The largest absolute Gasteiger partial charge is 0.294 e. The zero-order valence-corrected chi connectivity index (χ0v) is 16.4. The Morgan fingerprint density at radius 1 is 1.25 bits per heavy atom. The molecule has 140 valence electrons. The van der Waals surface area contributed by atoms with Crippen molar-refractivity contribution in [3.8, 4) is 16.9 Å². The second kappa shape index (κ2) is 7.83. The minimum Gasteiger partial charge on any atom is -0.294 e. The van der Waals surface area contributed by atoms with Gasteiger partial charge in [0.25, 0.3) is 6.43 Å². The van der Waals surface area contributed by atoms with Gasteiger partial charge < -0.3 is 0 Å². The minimum absolute atomic E-state index is 0.105. The van der Waals surface area contributed by atoms with Gasteiger partial charge >= 0.3 is 0 Å². The van der Waals surface area contributed by atoms with Gasteiger partial charge in [-0.1, -0.05) is 53.3 Å². The van der Waals surface area contributed by atoms with Crippen molar-refractivity contribution in [1.29, 1.82) is 5.26 Å². The van der Waals surface area contributed by atoms with Gasteiger partial charge in [-0.2, -0.15) is 5.26 Å². The van der Waals surface area contributed by atoms with Gasteiger partial charge in [-0.15, -0.1) is 22.0 Å². The van der Waals surface area contributed by atoms with E-state index in [0.717, 1.165) is 27.5 Å². The number of hydrogen-bond acceptors (Lipinski definition) is 6. The van der Waals surface area contributed by atoms with Crippen molar-refractivity contribution in [2.45, 2.75) is 17.1 Å². The van der Waals surface area contributed by atoms with Gasteiger partial charge in [0.1, 0.15) is 11.6 Å². The van der Waals surface area contributed by atoms with E-state index in [0.29, 0.717) is 10.5 Å². The van der Waals surface area contributed by atoms with Gasteiger partial charge in [-0.25, -0.2) is 13.8 Å². The van der Waals surface area contributed by atoms with E-state index in [4.69, 9.17) is 11.6 Å². The second-order valence-electron chi connectivity index (χ2n) is 5.66. The number of thioether (sulfide) groups is 1. The summed E-state index contributed by atoms with van der Waals surface area (Å²) in [6.07, 6.45) is -0.935. The molecule has 0 amide bonds. The van der Waals surface area contributed by atoms with Gasteiger partial charge in [-0.3, -0.25) is 4.40 Å². The van der Waals surface area contributed by atoms with E-state index < -0.39 is 11.4 Å². The Morgan fingerprint density at radius 3 is 2.71 bits per heavy atom. The Kier molecular flexibility index (Phi) is 5.26. The topological polar surface area (TPSA) is 66.9 Å². The second-order valence-corrected chi connectivity index (χ2v) is 8.12. The molecule has 0 unspecified atom stereocenters. The third-order valence-electron chi connectivity index (χ3n) is 3.84. The van der Waals surface area contributed by atoms with Gasteiger partial charge in [0.15, 0.2) is 21.5 Å². The molecule has 0 atom stereocenters. The molecule has 0 aliphatic carbocycles. The van der Waals surface area contributed by atoms with Gasteiger partial charge in [-0.05, 0) is 11.6 Å². The van der Waals surface area contributed by atoms with Crippen molar-refractivity contribution >= 4 is 40.2 Å². The zero-order valence-electron chi connectivity index (χ0n) is 14.0. The third kappa shape index (κ3) is 3.58. The molecule has 0 N–H and O–H groups in total. The van der Waals surface area contributed by atoms with Crippen molar-refractivity contribution in [2.75, 3.05) is 0 Å². The molecule has 0 aliphatic rings. The average molecular weight is 434 g/mol. The fraction of sp³-hybridized carbons (Fsp3) is 0.111. The summed E-state index contributed by atoms with van der Waals surface area (Å²) in [4.78, 5) is 5.09. The smallest absolute Gasteiger partial charge is 0.291 e. The van der Waals surface area contributed by atoms with Crippen LogP contribution in [-0.2, 0) is 5.75 Å². The summed E-state index contributed by atoms with van der Waals surface area (Å²) < 4.78 is 27.4. The lowest BCUT2D eigenvalue weighted by atomic mass is 10.2. The van der Waals surface area contributed by atoms with Crippen molar-refractivity contribution in [3.05, 3.63) is 63.9 Å². The number of nitrogens with zero attached hydrogens (tertiary/aromatic N) is 5. The van der Waals surface area contributed by atoms with Crippen LogP contribution >= 0.6 is 34.7 Å². The highest BCUT2D eigenvalue weighted by atomic mass is 35.5. The van der Waals surface area contributed by atoms with Crippen LogP contribution in [0.3, 0.4) is 0 Å². The molecule has 4 rings (SSSR count). The first-order valence-electron chi connectivity index (χ1n) is 7.97. The van der Waals surface area contributed by atoms with Crippen LogP contribution in [0.15, 0.2) is 47.5 Å². The molecular formula is C18H10ClF2N5S2. The molecule has 5 nitrogen and oxygen atoms in total. The Labute approximate surface area is 171 Å².